The lowest BCUT2D eigenvalue weighted by molar-refractivity contribution is 0.408. The second-order valence-corrected chi connectivity index (χ2v) is 8.22. The lowest BCUT2D eigenvalue weighted by Gasteiger charge is -2.24. The Labute approximate surface area is 135 Å². The smallest absolute Gasteiger partial charge is 0.0438 e. The van der Waals surface area contributed by atoms with Crippen LogP contribution in [0.5, 0.6) is 0 Å². The van der Waals surface area contributed by atoms with Gasteiger partial charge in [-0.05, 0) is 66.3 Å². The molecule has 0 spiro atoms. The molecule has 1 nitrogen and oxygen atoms in total. The van der Waals surface area contributed by atoms with E-state index in [1.54, 1.807) is 0 Å². The number of nitrogens with one attached hydrogen (secondary N) is 1. The summed E-state index contributed by atoms with van der Waals surface area (Å²) in [4.78, 5) is 0. The summed E-state index contributed by atoms with van der Waals surface area (Å²) in [5.41, 5.74) is 4.65. The molecule has 0 aromatic heterocycles. The number of halogens is 1. The van der Waals surface area contributed by atoms with Crippen molar-refractivity contribution in [3.8, 4) is 0 Å². The van der Waals surface area contributed by atoms with Crippen LogP contribution in [0.4, 0.5) is 0 Å². The van der Waals surface area contributed by atoms with Crippen LogP contribution in [0.2, 0.25) is 5.02 Å². The molecule has 2 rings (SSSR count). The maximum atomic E-state index is 6.28. The number of aryl methyl sites for hydroxylation is 2. The van der Waals surface area contributed by atoms with Crippen molar-refractivity contribution in [2.45, 2.75) is 60.9 Å². The summed E-state index contributed by atoms with van der Waals surface area (Å²) in [6.07, 6.45) is 1.16. The Morgan fingerprint density at radius 3 is 2.14 bits per heavy atom. The average molecular weight is 308 g/mol. The maximum absolute atomic E-state index is 6.28. The third kappa shape index (κ3) is 2.75. The zero-order valence-corrected chi connectivity index (χ0v) is 15.4. The lowest BCUT2D eigenvalue weighted by Crippen LogP contribution is -2.27. The lowest BCUT2D eigenvalue weighted by atomic mass is 9.91. The van der Waals surface area contributed by atoms with E-state index >= 15 is 0 Å². The van der Waals surface area contributed by atoms with Crippen molar-refractivity contribution in [1.82, 2.24) is 5.32 Å². The van der Waals surface area contributed by atoms with Crippen molar-refractivity contribution in [2.24, 2.45) is 16.7 Å². The first-order valence-electron chi connectivity index (χ1n) is 8.14. The van der Waals surface area contributed by atoms with E-state index in [1.165, 1.54) is 16.7 Å². The molecule has 118 valence electrons. The van der Waals surface area contributed by atoms with Crippen LogP contribution in [0.3, 0.4) is 0 Å². The summed E-state index contributed by atoms with van der Waals surface area (Å²) < 4.78 is 0. The molecule has 2 heteroatoms. The minimum atomic E-state index is 0.373. The van der Waals surface area contributed by atoms with Gasteiger partial charge < -0.3 is 5.32 Å². The number of hydrogen-bond acceptors (Lipinski definition) is 1. The van der Waals surface area contributed by atoms with Gasteiger partial charge >= 0.3 is 0 Å². The van der Waals surface area contributed by atoms with E-state index in [0.717, 1.165) is 18.0 Å². The summed E-state index contributed by atoms with van der Waals surface area (Å²) >= 11 is 6.28. The molecule has 1 saturated carbocycles. The molecule has 1 aliphatic carbocycles. The topological polar surface area (TPSA) is 12.0 Å². The van der Waals surface area contributed by atoms with Crippen LogP contribution in [0.1, 0.15) is 63.8 Å². The molecular formula is C19H30ClN. The molecule has 1 atom stereocenters. The predicted octanol–water partition coefficient (Wildman–Crippen LogP) is 5.68. The molecule has 0 saturated heterocycles. The Hall–Kier alpha value is -0.530. The first kappa shape index (κ1) is 16.8. The van der Waals surface area contributed by atoms with Crippen molar-refractivity contribution in [1.29, 1.82) is 0 Å². The third-order valence-electron chi connectivity index (χ3n) is 5.96. The van der Waals surface area contributed by atoms with Crippen LogP contribution in [0.25, 0.3) is 0 Å². The second kappa shape index (κ2) is 5.59. The number of rotatable bonds is 5. The Morgan fingerprint density at radius 1 is 1.10 bits per heavy atom. The van der Waals surface area contributed by atoms with Gasteiger partial charge in [0.15, 0.2) is 0 Å². The van der Waals surface area contributed by atoms with E-state index in [0.29, 0.717) is 22.8 Å². The minimum Gasteiger partial charge on any atom is -0.310 e. The largest absolute Gasteiger partial charge is 0.310 e. The zero-order chi connectivity index (χ0) is 16.0. The number of benzene rings is 1. The first-order chi connectivity index (χ1) is 9.64. The summed E-state index contributed by atoms with van der Waals surface area (Å²) in [5.74, 6) is 0.663. The van der Waals surface area contributed by atoms with Crippen LogP contribution in [-0.4, -0.2) is 6.54 Å². The van der Waals surface area contributed by atoms with Gasteiger partial charge in [0.2, 0.25) is 0 Å². The van der Waals surface area contributed by atoms with E-state index in [1.807, 2.05) is 0 Å². The van der Waals surface area contributed by atoms with Crippen LogP contribution in [0, 0.1) is 30.6 Å². The molecule has 1 fully saturated rings. The van der Waals surface area contributed by atoms with Gasteiger partial charge in [-0.25, -0.2) is 0 Å². The van der Waals surface area contributed by atoms with Gasteiger partial charge in [0.1, 0.15) is 0 Å². The Kier molecular flexibility index (Phi) is 4.48. The highest BCUT2D eigenvalue weighted by Crippen LogP contribution is 2.72. The van der Waals surface area contributed by atoms with Crippen molar-refractivity contribution >= 4 is 11.6 Å². The van der Waals surface area contributed by atoms with Crippen LogP contribution in [-0.2, 0) is 0 Å². The van der Waals surface area contributed by atoms with Crippen molar-refractivity contribution < 1.29 is 0 Å². The highest BCUT2D eigenvalue weighted by Gasteiger charge is 2.67. The molecule has 0 heterocycles. The molecule has 1 aromatic rings. The van der Waals surface area contributed by atoms with E-state index in [9.17, 15) is 0 Å². The summed E-state index contributed by atoms with van der Waals surface area (Å²) in [6, 6.07) is 4.83. The van der Waals surface area contributed by atoms with Gasteiger partial charge in [0, 0.05) is 11.1 Å². The normalized spacial score (nSPS) is 21.3. The third-order valence-corrected chi connectivity index (χ3v) is 6.37. The first-order valence-corrected chi connectivity index (χ1v) is 8.52. The van der Waals surface area contributed by atoms with E-state index < -0.39 is 0 Å². The van der Waals surface area contributed by atoms with Gasteiger partial charge in [-0.3, -0.25) is 0 Å². The van der Waals surface area contributed by atoms with Crippen molar-refractivity contribution in [3.05, 3.63) is 33.8 Å². The monoisotopic (exact) mass is 307 g/mol. The van der Waals surface area contributed by atoms with E-state index in [2.05, 4.69) is 65.9 Å². The standard InChI is InChI=1S/C19H30ClN/c1-8-9-21-16(17-18(4,5)19(17,6)7)14-10-13(3)15(20)11-12(14)2/h10-11,16-17,21H,8-9H2,1-7H3. The molecule has 1 unspecified atom stereocenters. The van der Waals surface area contributed by atoms with E-state index in [4.69, 9.17) is 11.6 Å². The quantitative estimate of drug-likeness (QED) is 0.738. The Bertz CT molecular complexity index is 517. The zero-order valence-electron chi connectivity index (χ0n) is 14.6. The van der Waals surface area contributed by atoms with Gasteiger partial charge in [-0.15, -0.1) is 0 Å². The van der Waals surface area contributed by atoms with Gasteiger partial charge in [0.25, 0.3) is 0 Å². The van der Waals surface area contributed by atoms with Crippen molar-refractivity contribution in [3.63, 3.8) is 0 Å². The minimum absolute atomic E-state index is 0.373. The van der Waals surface area contributed by atoms with Gasteiger partial charge in [-0.2, -0.15) is 0 Å². The SMILES string of the molecule is CCCNC(c1cc(C)c(Cl)cc1C)C1C(C)(C)C1(C)C. The molecule has 21 heavy (non-hydrogen) atoms. The molecule has 1 aliphatic rings. The molecule has 1 aromatic carbocycles. The van der Waals surface area contributed by atoms with Crippen molar-refractivity contribution in [2.75, 3.05) is 6.54 Å². The highest BCUT2D eigenvalue weighted by atomic mass is 35.5. The molecule has 0 bridgehead atoms. The predicted molar refractivity (Wildman–Crippen MR) is 93.0 cm³/mol. The molecule has 1 N–H and O–H groups in total. The molecule has 0 aliphatic heterocycles. The van der Waals surface area contributed by atoms with E-state index in [-0.39, 0.29) is 0 Å². The summed E-state index contributed by atoms with van der Waals surface area (Å²) in [5, 5.41) is 4.68. The molecular weight excluding hydrogens is 278 g/mol. The number of hydrogen-bond donors (Lipinski definition) is 1. The van der Waals surface area contributed by atoms with Crippen LogP contribution in [0.15, 0.2) is 12.1 Å². The fourth-order valence-electron chi connectivity index (χ4n) is 3.93. The van der Waals surface area contributed by atoms with Crippen LogP contribution >= 0.6 is 11.6 Å². The van der Waals surface area contributed by atoms with Crippen LogP contribution < -0.4 is 5.32 Å². The summed E-state index contributed by atoms with van der Waals surface area (Å²) in [7, 11) is 0. The maximum Gasteiger partial charge on any atom is 0.0438 e. The molecule has 0 amide bonds. The average Bonchev–Trinajstić information content (AvgIpc) is 2.78. The molecule has 0 radical (unpaired) electrons. The second-order valence-electron chi connectivity index (χ2n) is 7.81. The Balaban J connectivity index is 2.41. The van der Waals surface area contributed by atoms with Gasteiger partial charge in [0.05, 0.1) is 0 Å². The highest BCUT2D eigenvalue weighted by molar-refractivity contribution is 6.31. The van der Waals surface area contributed by atoms with Gasteiger partial charge in [-0.1, -0.05) is 52.3 Å². The Morgan fingerprint density at radius 2 is 1.67 bits per heavy atom. The fourth-order valence-corrected chi connectivity index (χ4v) is 4.14. The fraction of sp³-hybridized carbons (Fsp3) is 0.684. The summed E-state index contributed by atoms with van der Waals surface area (Å²) in [6.45, 7) is 17.2.